The largest absolute Gasteiger partial charge is 0.316 e. The van der Waals surface area contributed by atoms with Gasteiger partial charge in [0.25, 0.3) is 0 Å². The van der Waals surface area contributed by atoms with Crippen LogP contribution in [-0.2, 0) is 11.2 Å². The normalized spacial score (nSPS) is 22.3. The zero-order valence-corrected chi connectivity index (χ0v) is 18.3. The molecule has 1 aromatic heterocycles. The van der Waals surface area contributed by atoms with Crippen LogP contribution >= 0.6 is 12.4 Å². The molecular formula is C23H33ClN4O. The molecule has 3 unspecified atom stereocenters. The van der Waals surface area contributed by atoms with Gasteiger partial charge in [-0.15, -0.1) is 12.4 Å². The number of aryl methyl sites for hydroxylation is 2. The predicted octanol–water partition coefficient (Wildman–Crippen LogP) is 4.50. The fourth-order valence-corrected chi connectivity index (χ4v) is 4.83. The van der Waals surface area contributed by atoms with Gasteiger partial charge in [0.15, 0.2) is 0 Å². The molecule has 0 radical (unpaired) electrons. The minimum Gasteiger partial charge on any atom is -0.316 e. The summed E-state index contributed by atoms with van der Waals surface area (Å²) in [5.41, 5.74) is 3.78. The Hall–Kier alpha value is -1.85. The van der Waals surface area contributed by atoms with Crippen molar-refractivity contribution in [2.24, 2.45) is 11.8 Å². The summed E-state index contributed by atoms with van der Waals surface area (Å²) in [5.74, 6) is 1.95. The van der Waals surface area contributed by atoms with E-state index in [1.54, 1.807) is 0 Å². The van der Waals surface area contributed by atoms with E-state index in [0.717, 1.165) is 43.7 Å². The molecule has 1 aliphatic heterocycles. The van der Waals surface area contributed by atoms with E-state index < -0.39 is 0 Å². The number of fused-ring (bicyclic) bond motifs is 1. The van der Waals surface area contributed by atoms with Crippen molar-refractivity contribution in [2.75, 3.05) is 18.4 Å². The number of hydrogen-bond donors (Lipinski definition) is 2. The van der Waals surface area contributed by atoms with Crippen molar-refractivity contribution in [3.05, 3.63) is 47.2 Å². The van der Waals surface area contributed by atoms with Crippen molar-refractivity contribution in [1.82, 2.24) is 15.1 Å². The van der Waals surface area contributed by atoms with E-state index in [-0.39, 0.29) is 24.4 Å². The Labute approximate surface area is 180 Å². The number of hydrogen-bond acceptors (Lipinski definition) is 3. The number of nitrogens with zero attached hydrogens (tertiary/aromatic N) is 2. The topological polar surface area (TPSA) is 59.0 Å². The van der Waals surface area contributed by atoms with E-state index in [4.69, 9.17) is 0 Å². The highest BCUT2D eigenvalue weighted by Crippen LogP contribution is 2.35. The summed E-state index contributed by atoms with van der Waals surface area (Å²) in [4.78, 5) is 12.8. The van der Waals surface area contributed by atoms with Crippen LogP contribution in [0.15, 0.2) is 30.5 Å². The second-order valence-electron chi connectivity index (χ2n) is 8.56. The number of piperidine rings is 1. The fraction of sp³-hybridized carbons (Fsp3) is 0.565. The molecule has 0 spiro atoms. The van der Waals surface area contributed by atoms with Crippen LogP contribution in [-0.4, -0.2) is 28.8 Å². The van der Waals surface area contributed by atoms with Crippen LogP contribution in [0.3, 0.4) is 0 Å². The molecule has 5 nitrogen and oxygen atoms in total. The highest BCUT2D eigenvalue weighted by Gasteiger charge is 2.26. The molecule has 2 aliphatic rings. The average Bonchev–Trinajstić information content (AvgIpc) is 3.08. The van der Waals surface area contributed by atoms with Gasteiger partial charge in [-0.25, -0.2) is 4.68 Å². The number of rotatable bonds is 5. The maximum Gasteiger partial charge on any atom is 0.225 e. The molecule has 2 heterocycles. The first-order valence-corrected chi connectivity index (χ1v) is 10.8. The van der Waals surface area contributed by atoms with Gasteiger partial charge < -0.3 is 10.6 Å². The highest BCUT2D eigenvalue weighted by molar-refractivity contribution is 5.90. The molecule has 2 N–H and O–H groups in total. The molecule has 158 valence electrons. The second-order valence-corrected chi connectivity index (χ2v) is 8.56. The Morgan fingerprint density at radius 2 is 2.14 bits per heavy atom. The molecule has 29 heavy (non-hydrogen) atoms. The van der Waals surface area contributed by atoms with Gasteiger partial charge in [-0.2, -0.15) is 5.10 Å². The Balaban J connectivity index is 0.00000240. The third kappa shape index (κ3) is 4.84. The predicted molar refractivity (Wildman–Crippen MR) is 120 cm³/mol. The fourth-order valence-electron chi connectivity index (χ4n) is 4.83. The third-order valence-corrected chi connectivity index (χ3v) is 6.52. The number of anilines is 1. The summed E-state index contributed by atoms with van der Waals surface area (Å²) in [5, 5.41) is 11.3. The van der Waals surface area contributed by atoms with E-state index >= 15 is 0 Å². The van der Waals surface area contributed by atoms with E-state index in [9.17, 15) is 4.79 Å². The second kappa shape index (κ2) is 9.77. The highest BCUT2D eigenvalue weighted by atomic mass is 35.5. The van der Waals surface area contributed by atoms with Crippen LogP contribution in [0.25, 0.3) is 0 Å². The van der Waals surface area contributed by atoms with E-state index in [2.05, 4.69) is 46.9 Å². The van der Waals surface area contributed by atoms with Crippen LogP contribution in [0.2, 0.25) is 0 Å². The maximum absolute atomic E-state index is 12.8. The van der Waals surface area contributed by atoms with Crippen LogP contribution in [0.1, 0.15) is 61.8 Å². The lowest BCUT2D eigenvalue weighted by Crippen LogP contribution is -2.34. The van der Waals surface area contributed by atoms with Crippen molar-refractivity contribution in [1.29, 1.82) is 0 Å². The summed E-state index contributed by atoms with van der Waals surface area (Å²) in [6, 6.07) is 8.84. The zero-order chi connectivity index (χ0) is 19.5. The number of aromatic nitrogens is 2. The van der Waals surface area contributed by atoms with Gasteiger partial charge in [-0.3, -0.25) is 4.79 Å². The molecule has 6 heteroatoms. The summed E-state index contributed by atoms with van der Waals surface area (Å²) >= 11 is 0. The Morgan fingerprint density at radius 1 is 1.31 bits per heavy atom. The number of nitrogens with one attached hydrogen (secondary N) is 2. The van der Waals surface area contributed by atoms with Gasteiger partial charge in [-0.05, 0) is 75.1 Å². The number of amides is 1. The molecule has 1 fully saturated rings. The first kappa shape index (κ1) is 21.8. The van der Waals surface area contributed by atoms with Crippen LogP contribution < -0.4 is 10.6 Å². The number of benzene rings is 1. The van der Waals surface area contributed by atoms with Crippen molar-refractivity contribution >= 4 is 24.1 Å². The SMILES string of the molecule is Cc1cnn(C2CCCc3ccccc32)c1NC(=O)CC(C)C1CCCNC1.Cl. The molecule has 1 saturated heterocycles. The molecule has 1 amide bonds. The van der Waals surface area contributed by atoms with Gasteiger partial charge in [0, 0.05) is 12.0 Å². The lowest BCUT2D eigenvalue weighted by molar-refractivity contribution is -0.117. The van der Waals surface area contributed by atoms with E-state index in [1.807, 2.05) is 17.8 Å². The van der Waals surface area contributed by atoms with Crippen molar-refractivity contribution in [3.63, 3.8) is 0 Å². The first-order chi connectivity index (χ1) is 13.6. The summed E-state index contributed by atoms with van der Waals surface area (Å²) in [7, 11) is 0. The van der Waals surface area contributed by atoms with Gasteiger partial charge >= 0.3 is 0 Å². The lowest BCUT2D eigenvalue weighted by atomic mass is 9.85. The molecule has 0 bridgehead atoms. The average molecular weight is 417 g/mol. The van der Waals surface area contributed by atoms with Gasteiger partial charge in [0.2, 0.25) is 5.91 Å². The molecule has 4 rings (SSSR count). The molecule has 0 saturated carbocycles. The number of carbonyl (C=O) groups excluding carboxylic acids is 1. The van der Waals surface area contributed by atoms with Gasteiger partial charge in [0.05, 0.1) is 12.2 Å². The van der Waals surface area contributed by atoms with Crippen LogP contribution in [0.4, 0.5) is 5.82 Å². The van der Waals surface area contributed by atoms with Crippen molar-refractivity contribution in [3.8, 4) is 0 Å². The third-order valence-electron chi connectivity index (χ3n) is 6.52. The smallest absolute Gasteiger partial charge is 0.225 e. The standard InChI is InChI=1S/C23H32N4O.ClH/c1-16(19-9-6-12-24-15-19)13-22(28)26-23-17(2)14-25-27(23)21-11-5-8-18-7-3-4-10-20(18)21;/h3-4,7,10,14,16,19,21,24H,5-6,8-9,11-13,15H2,1-2H3,(H,26,28);1H. The van der Waals surface area contributed by atoms with E-state index in [1.165, 1.54) is 24.0 Å². The summed E-state index contributed by atoms with van der Waals surface area (Å²) in [6.45, 7) is 6.38. The maximum atomic E-state index is 12.8. The summed E-state index contributed by atoms with van der Waals surface area (Å²) < 4.78 is 2.04. The molecule has 1 aliphatic carbocycles. The van der Waals surface area contributed by atoms with Crippen molar-refractivity contribution < 1.29 is 4.79 Å². The minimum atomic E-state index is 0. The van der Waals surface area contributed by atoms with Gasteiger partial charge in [-0.1, -0.05) is 31.2 Å². The number of carbonyl (C=O) groups is 1. The minimum absolute atomic E-state index is 0. The first-order valence-electron chi connectivity index (χ1n) is 10.8. The molecule has 1 aromatic carbocycles. The monoisotopic (exact) mass is 416 g/mol. The molecule has 2 aromatic rings. The quantitative estimate of drug-likeness (QED) is 0.754. The molecular weight excluding hydrogens is 384 g/mol. The Bertz CT molecular complexity index is 828. The van der Waals surface area contributed by atoms with E-state index in [0.29, 0.717) is 18.3 Å². The molecule has 3 atom stereocenters. The Kier molecular flexibility index (Phi) is 7.36. The van der Waals surface area contributed by atoms with Crippen molar-refractivity contribution in [2.45, 2.75) is 58.4 Å². The number of halogens is 1. The van der Waals surface area contributed by atoms with Gasteiger partial charge in [0.1, 0.15) is 5.82 Å². The summed E-state index contributed by atoms with van der Waals surface area (Å²) in [6.07, 6.45) is 8.22. The lowest BCUT2D eigenvalue weighted by Gasteiger charge is -2.29. The Morgan fingerprint density at radius 3 is 2.93 bits per heavy atom. The zero-order valence-electron chi connectivity index (χ0n) is 17.5. The van der Waals surface area contributed by atoms with Crippen LogP contribution in [0, 0.1) is 18.8 Å². The van der Waals surface area contributed by atoms with Crippen LogP contribution in [0.5, 0.6) is 0 Å².